The number of hydrogen-bond donors (Lipinski definition) is 1. The van der Waals surface area contributed by atoms with E-state index in [0.717, 1.165) is 12.1 Å². The second kappa shape index (κ2) is 9.70. The first-order valence-corrected chi connectivity index (χ1v) is 8.84. The van der Waals surface area contributed by atoms with Crippen molar-refractivity contribution in [3.8, 4) is 17.1 Å². The van der Waals surface area contributed by atoms with Crippen molar-refractivity contribution >= 4 is 5.91 Å². The summed E-state index contributed by atoms with van der Waals surface area (Å²) in [6.07, 6.45) is 2.31. The SMILES string of the molecule is COCCOCCCNC(=O)c1cc(-c2ccco2)nn1-c1ccccc1. The first kappa shape index (κ1) is 18.9. The maximum Gasteiger partial charge on any atom is 0.270 e. The van der Waals surface area contributed by atoms with Crippen LogP contribution in [-0.2, 0) is 9.47 Å². The number of furan rings is 1. The average Bonchev–Trinajstić information content (AvgIpc) is 3.37. The van der Waals surface area contributed by atoms with E-state index in [2.05, 4.69) is 10.4 Å². The molecule has 2 aromatic heterocycles. The third-order valence-electron chi connectivity index (χ3n) is 3.90. The van der Waals surface area contributed by atoms with Crippen molar-refractivity contribution in [1.29, 1.82) is 0 Å². The summed E-state index contributed by atoms with van der Waals surface area (Å²) in [5.74, 6) is 0.423. The first-order valence-electron chi connectivity index (χ1n) is 8.84. The van der Waals surface area contributed by atoms with Crippen LogP contribution in [0.25, 0.3) is 17.1 Å². The molecule has 142 valence electrons. The minimum Gasteiger partial charge on any atom is -0.463 e. The van der Waals surface area contributed by atoms with Crippen molar-refractivity contribution in [3.05, 3.63) is 60.5 Å². The highest BCUT2D eigenvalue weighted by Crippen LogP contribution is 2.22. The molecule has 0 aliphatic carbocycles. The Balaban J connectivity index is 1.68. The number of para-hydroxylation sites is 1. The van der Waals surface area contributed by atoms with Gasteiger partial charge in [0, 0.05) is 26.3 Å². The molecule has 0 saturated carbocycles. The zero-order chi connectivity index (χ0) is 18.9. The molecule has 0 fully saturated rings. The van der Waals surface area contributed by atoms with E-state index in [9.17, 15) is 4.79 Å². The van der Waals surface area contributed by atoms with Crippen LogP contribution < -0.4 is 5.32 Å². The molecule has 3 rings (SSSR count). The molecule has 0 unspecified atom stereocenters. The van der Waals surface area contributed by atoms with Crippen LogP contribution >= 0.6 is 0 Å². The van der Waals surface area contributed by atoms with Gasteiger partial charge in [-0.3, -0.25) is 4.79 Å². The van der Waals surface area contributed by atoms with Crippen LogP contribution in [0.4, 0.5) is 0 Å². The third kappa shape index (κ3) is 5.06. The van der Waals surface area contributed by atoms with Gasteiger partial charge >= 0.3 is 0 Å². The number of ether oxygens (including phenoxy) is 2. The summed E-state index contributed by atoms with van der Waals surface area (Å²) >= 11 is 0. The molecular formula is C20H23N3O4. The lowest BCUT2D eigenvalue weighted by molar-refractivity contribution is 0.0688. The lowest BCUT2D eigenvalue weighted by atomic mass is 10.2. The summed E-state index contributed by atoms with van der Waals surface area (Å²) < 4.78 is 17.4. The molecule has 7 heteroatoms. The van der Waals surface area contributed by atoms with Gasteiger partial charge in [-0.25, -0.2) is 4.68 Å². The van der Waals surface area contributed by atoms with Gasteiger partial charge in [0.1, 0.15) is 11.4 Å². The van der Waals surface area contributed by atoms with Gasteiger partial charge in [-0.15, -0.1) is 0 Å². The van der Waals surface area contributed by atoms with Crippen molar-refractivity contribution in [2.45, 2.75) is 6.42 Å². The van der Waals surface area contributed by atoms with Crippen LogP contribution in [0, 0.1) is 0 Å². The van der Waals surface area contributed by atoms with E-state index in [0.29, 0.717) is 43.5 Å². The van der Waals surface area contributed by atoms with Gasteiger partial charge in [-0.05, 0) is 30.7 Å². The van der Waals surface area contributed by atoms with E-state index in [4.69, 9.17) is 13.9 Å². The van der Waals surface area contributed by atoms with E-state index >= 15 is 0 Å². The van der Waals surface area contributed by atoms with Crippen molar-refractivity contribution in [2.24, 2.45) is 0 Å². The number of nitrogens with one attached hydrogen (secondary N) is 1. The maximum atomic E-state index is 12.7. The van der Waals surface area contributed by atoms with Crippen LogP contribution in [0.3, 0.4) is 0 Å². The van der Waals surface area contributed by atoms with Gasteiger partial charge in [-0.1, -0.05) is 18.2 Å². The number of benzene rings is 1. The number of amides is 1. The molecule has 3 aromatic rings. The predicted octanol–water partition coefficient (Wildman–Crippen LogP) is 2.92. The number of nitrogens with zero attached hydrogens (tertiary/aromatic N) is 2. The third-order valence-corrected chi connectivity index (χ3v) is 3.90. The Kier molecular flexibility index (Phi) is 6.78. The highest BCUT2D eigenvalue weighted by molar-refractivity contribution is 5.94. The Hall–Kier alpha value is -2.90. The van der Waals surface area contributed by atoms with Crippen LogP contribution in [0.5, 0.6) is 0 Å². The summed E-state index contributed by atoms with van der Waals surface area (Å²) in [7, 11) is 1.64. The molecule has 7 nitrogen and oxygen atoms in total. The Bertz CT molecular complexity index is 828. The van der Waals surface area contributed by atoms with Crippen molar-refractivity contribution in [3.63, 3.8) is 0 Å². The fourth-order valence-electron chi connectivity index (χ4n) is 2.56. The Morgan fingerprint density at radius 3 is 2.74 bits per heavy atom. The summed E-state index contributed by atoms with van der Waals surface area (Å²) in [6, 6.07) is 14.9. The fraction of sp³-hybridized carbons (Fsp3) is 0.300. The molecule has 2 heterocycles. The van der Waals surface area contributed by atoms with Gasteiger partial charge in [0.2, 0.25) is 0 Å². The van der Waals surface area contributed by atoms with E-state index in [1.54, 1.807) is 30.2 Å². The van der Waals surface area contributed by atoms with E-state index in [1.807, 2.05) is 36.4 Å². The largest absolute Gasteiger partial charge is 0.463 e. The van der Waals surface area contributed by atoms with Gasteiger partial charge in [-0.2, -0.15) is 5.10 Å². The van der Waals surface area contributed by atoms with Crippen molar-refractivity contribution < 1.29 is 18.7 Å². The van der Waals surface area contributed by atoms with E-state index in [1.165, 1.54) is 0 Å². The summed E-state index contributed by atoms with van der Waals surface area (Å²) in [6.45, 7) is 2.21. The summed E-state index contributed by atoms with van der Waals surface area (Å²) in [4.78, 5) is 12.7. The number of rotatable bonds is 10. The van der Waals surface area contributed by atoms with Crippen molar-refractivity contribution in [1.82, 2.24) is 15.1 Å². The molecular weight excluding hydrogens is 346 g/mol. The van der Waals surface area contributed by atoms with Gasteiger partial charge in [0.25, 0.3) is 5.91 Å². The normalized spacial score (nSPS) is 10.9. The molecule has 1 amide bonds. The van der Waals surface area contributed by atoms with Gasteiger partial charge in [0.15, 0.2) is 5.76 Å². The number of carbonyl (C=O) groups excluding carboxylic acids is 1. The molecule has 0 radical (unpaired) electrons. The molecule has 0 saturated heterocycles. The Morgan fingerprint density at radius 2 is 2.00 bits per heavy atom. The average molecular weight is 369 g/mol. The maximum absolute atomic E-state index is 12.7. The molecule has 27 heavy (non-hydrogen) atoms. The Labute approximate surface area is 157 Å². The lowest BCUT2D eigenvalue weighted by Crippen LogP contribution is -2.27. The highest BCUT2D eigenvalue weighted by atomic mass is 16.5. The van der Waals surface area contributed by atoms with E-state index in [-0.39, 0.29) is 5.91 Å². The standard InChI is InChI=1S/C20H23N3O4/c1-25-13-14-26-11-6-10-21-20(24)18-15-17(19-9-5-12-27-19)22-23(18)16-7-3-2-4-8-16/h2-5,7-9,12,15H,6,10-11,13-14H2,1H3,(H,21,24). The van der Waals surface area contributed by atoms with Crippen LogP contribution in [0.2, 0.25) is 0 Å². The second-order valence-corrected chi connectivity index (χ2v) is 5.85. The predicted molar refractivity (Wildman–Crippen MR) is 101 cm³/mol. The summed E-state index contributed by atoms with van der Waals surface area (Å²) in [5.41, 5.74) is 1.87. The first-order chi connectivity index (χ1) is 13.3. The number of carbonyl (C=O) groups is 1. The van der Waals surface area contributed by atoms with Gasteiger partial charge in [0.05, 0.1) is 25.2 Å². The quantitative estimate of drug-likeness (QED) is 0.556. The molecule has 0 aliphatic heterocycles. The van der Waals surface area contributed by atoms with Crippen LogP contribution in [0.15, 0.2) is 59.2 Å². The second-order valence-electron chi connectivity index (χ2n) is 5.85. The smallest absolute Gasteiger partial charge is 0.270 e. The number of aromatic nitrogens is 2. The molecule has 0 atom stereocenters. The van der Waals surface area contributed by atoms with Crippen LogP contribution in [0.1, 0.15) is 16.9 Å². The minimum atomic E-state index is -0.193. The topological polar surface area (TPSA) is 78.5 Å². The summed E-state index contributed by atoms with van der Waals surface area (Å²) in [5, 5.41) is 7.46. The molecule has 0 spiro atoms. The van der Waals surface area contributed by atoms with Gasteiger partial charge < -0.3 is 19.2 Å². The lowest BCUT2D eigenvalue weighted by Gasteiger charge is -2.08. The molecule has 0 bridgehead atoms. The molecule has 1 N–H and O–H groups in total. The fourth-order valence-corrected chi connectivity index (χ4v) is 2.56. The molecule has 1 aromatic carbocycles. The number of methoxy groups -OCH3 is 1. The molecule has 0 aliphatic rings. The van der Waals surface area contributed by atoms with Crippen molar-refractivity contribution in [2.75, 3.05) is 33.5 Å². The van der Waals surface area contributed by atoms with E-state index < -0.39 is 0 Å². The minimum absolute atomic E-state index is 0.193. The monoisotopic (exact) mass is 369 g/mol. The number of hydrogen-bond acceptors (Lipinski definition) is 5. The van der Waals surface area contributed by atoms with Crippen LogP contribution in [-0.4, -0.2) is 49.2 Å². The zero-order valence-electron chi connectivity index (χ0n) is 15.3. The zero-order valence-corrected chi connectivity index (χ0v) is 15.3. The highest BCUT2D eigenvalue weighted by Gasteiger charge is 2.18. The Morgan fingerprint density at radius 1 is 1.15 bits per heavy atom.